The van der Waals surface area contributed by atoms with Crippen LogP contribution in [0.15, 0.2) is 48.7 Å². The topological polar surface area (TPSA) is 155 Å². The van der Waals surface area contributed by atoms with E-state index in [1.165, 1.54) is 7.11 Å². The maximum absolute atomic E-state index is 13.8. The summed E-state index contributed by atoms with van der Waals surface area (Å²) in [5.41, 5.74) is 6.85. The average Bonchev–Trinajstić information content (AvgIpc) is 4.04. The number of aromatic nitrogens is 4. The van der Waals surface area contributed by atoms with Crippen LogP contribution in [0.3, 0.4) is 0 Å². The van der Waals surface area contributed by atoms with Gasteiger partial charge in [0.25, 0.3) is 0 Å². The van der Waals surface area contributed by atoms with Crippen molar-refractivity contribution in [3.05, 3.63) is 65.9 Å². The summed E-state index contributed by atoms with van der Waals surface area (Å²) < 4.78 is 17.0. The number of amides is 3. The minimum atomic E-state index is -0.631. The molecule has 60 heavy (non-hydrogen) atoms. The van der Waals surface area contributed by atoms with Gasteiger partial charge in [0.2, 0.25) is 11.8 Å². The van der Waals surface area contributed by atoms with Crippen LogP contribution in [0.1, 0.15) is 115 Å². The van der Waals surface area contributed by atoms with Crippen LogP contribution in [0.25, 0.3) is 44.2 Å². The number of hydrogen-bond acceptors (Lipinski definition) is 8. The van der Waals surface area contributed by atoms with Crippen LogP contribution in [0.5, 0.6) is 5.75 Å². The number of likely N-dealkylation sites (tertiary alicyclic amines) is 1. The van der Waals surface area contributed by atoms with E-state index in [9.17, 15) is 14.4 Å². The van der Waals surface area contributed by atoms with Gasteiger partial charge in [-0.05, 0) is 111 Å². The molecule has 6 unspecified atom stereocenters. The zero-order valence-electron chi connectivity index (χ0n) is 35.8. The Hall–Kier alpha value is -5.43. The maximum atomic E-state index is 13.8. The highest BCUT2D eigenvalue weighted by Gasteiger charge is 2.40. The van der Waals surface area contributed by atoms with Gasteiger partial charge >= 0.3 is 6.09 Å². The van der Waals surface area contributed by atoms with Crippen LogP contribution in [-0.2, 0) is 25.7 Å². The second kappa shape index (κ2) is 17.7. The number of rotatable bonds is 13. The van der Waals surface area contributed by atoms with E-state index in [2.05, 4.69) is 92.4 Å². The number of hydrogen-bond donors (Lipinski definition) is 3. The Labute approximate surface area is 351 Å². The number of aromatic amines is 2. The van der Waals surface area contributed by atoms with Gasteiger partial charge in [-0.3, -0.25) is 9.59 Å². The van der Waals surface area contributed by atoms with Crippen molar-refractivity contribution in [3.63, 3.8) is 0 Å². The fourth-order valence-electron chi connectivity index (χ4n) is 9.50. The predicted molar refractivity (Wildman–Crippen MR) is 231 cm³/mol. The molecule has 2 saturated heterocycles. The number of carbonyl (C=O) groups is 3. The molecular formula is C47H59N7O6. The van der Waals surface area contributed by atoms with Crippen LogP contribution < -0.4 is 10.1 Å². The van der Waals surface area contributed by atoms with Gasteiger partial charge in [0.1, 0.15) is 30.5 Å². The summed E-state index contributed by atoms with van der Waals surface area (Å²) in [5, 5.41) is 4.60. The van der Waals surface area contributed by atoms with E-state index >= 15 is 0 Å². The molecule has 3 aliphatic rings. The molecule has 3 amide bonds. The highest BCUT2D eigenvalue weighted by molar-refractivity contribution is 6.07. The second-order valence-electron chi connectivity index (χ2n) is 17.2. The van der Waals surface area contributed by atoms with Gasteiger partial charge in [-0.25, -0.2) is 14.8 Å². The SMILES string of the molecule is CCC(C)CC(=O)N(C(C)CC)C(C)c1ncc(-c2ccc3c(c2)COc2cc4c(ccc5[nH]c(C6CCC(CC7CCCOC7)N6C(=O)CNC(=O)OC)nc54)cc2-3)[nH]1. The number of carbonyl (C=O) groups excluding carboxylic acids is 3. The van der Waals surface area contributed by atoms with E-state index in [0.29, 0.717) is 31.5 Å². The first kappa shape index (κ1) is 41.3. The molecule has 0 saturated carbocycles. The Morgan fingerprint density at radius 3 is 2.63 bits per heavy atom. The van der Waals surface area contributed by atoms with Gasteiger partial charge in [-0.1, -0.05) is 45.4 Å². The zero-order chi connectivity index (χ0) is 42.1. The van der Waals surface area contributed by atoms with Crippen molar-refractivity contribution in [2.75, 3.05) is 26.9 Å². The number of nitrogens with one attached hydrogen (secondary N) is 3. The number of H-pyrrole nitrogens is 2. The number of fused-ring (bicyclic) bond motifs is 6. The Balaban J connectivity index is 1.05. The quantitative estimate of drug-likeness (QED) is 0.106. The van der Waals surface area contributed by atoms with Gasteiger partial charge < -0.3 is 39.3 Å². The molecule has 3 aromatic carbocycles. The van der Waals surface area contributed by atoms with Crippen LogP contribution in [-0.4, -0.2) is 86.6 Å². The van der Waals surface area contributed by atoms with Gasteiger partial charge in [-0.2, -0.15) is 0 Å². The van der Waals surface area contributed by atoms with E-state index in [0.717, 1.165) is 119 Å². The molecular weight excluding hydrogens is 759 g/mol. The minimum Gasteiger partial charge on any atom is -0.488 e. The molecule has 8 rings (SSSR count). The highest BCUT2D eigenvalue weighted by atomic mass is 16.5. The molecule has 318 valence electrons. The van der Waals surface area contributed by atoms with E-state index in [1.54, 1.807) is 0 Å². The number of methoxy groups -OCH3 is 1. The number of benzene rings is 3. The summed E-state index contributed by atoms with van der Waals surface area (Å²) >= 11 is 0. The molecule has 2 fully saturated rings. The highest BCUT2D eigenvalue weighted by Crippen LogP contribution is 2.44. The molecule has 0 aliphatic carbocycles. The lowest BCUT2D eigenvalue weighted by atomic mass is 9.92. The molecule has 3 N–H and O–H groups in total. The first-order valence-electron chi connectivity index (χ1n) is 21.9. The van der Waals surface area contributed by atoms with Crippen molar-refractivity contribution in [3.8, 4) is 28.1 Å². The standard InChI is InChI=1S/C47H59N7O6/c1-7-27(3)18-42(55)53(28(4)8-2)29(5)45-48-23-39(51-45)32-11-14-35-33(20-32)26-60-41-22-36-31(21-37(35)41)12-15-38-44(36)52-46(50-38)40-16-13-34(19-30-10-9-17-59-25-30)54(40)43(56)24-49-47(57)58-6/h11-12,14-15,20-23,27-30,34,40H,7-10,13,16-19,24-26H2,1-6H3,(H,48,51)(H,49,57)(H,50,52). The summed E-state index contributed by atoms with van der Waals surface area (Å²) in [4.78, 5) is 60.1. The predicted octanol–water partition coefficient (Wildman–Crippen LogP) is 8.99. The molecule has 0 spiro atoms. The zero-order valence-corrected chi connectivity index (χ0v) is 35.8. The van der Waals surface area contributed by atoms with Gasteiger partial charge in [0.15, 0.2) is 0 Å². The Morgan fingerprint density at radius 1 is 1.02 bits per heavy atom. The molecule has 2 aromatic heterocycles. The lowest BCUT2D eigenvalue weighted by molar-refractivity contribution is -0.137. The van der Waals surface area contributed by atoms with Crippen LogP contribution in [0.4, 0.5) is 4.79 Å². The number of alkyl carbamates (subject to hydrolysis) is 1. The molecule has 0 bridgehead atoms. The first-order chi connectivity index (χ1) is 29.1. The third kappa shape index (κ3) is 8.20. The summed E-state index contributed by atoms with van der Waals surface area (Å²) in [7, 11) is 1.29. The van der Waals surface area contributed by atoms with Crippen molar-refractivity contribution in [2.45, 2.75) is 117 Å². The molecule has 3 aliphatic heterocycles. The molecule has 5 aromatic rings. The molecule has 0 radical (unpaired) electrons. The smallest absolute Gasteiger partial charge is 0.407 e. The van der Waals surface area contributed by atoms with Gasteiger partial charge in [0.05, 0.1) is 42.1 Å². The molecule has 13 heteroatoms. The molecule has 6 atom stereocenters. The van der Waals surface area contributed by atoms with Gasteiger partial charge in [-0.15, -0.1) is 0 Å². The number of imidazole rings is 2. The van der Waals surface area contributed by atoms with E-state index in [-0.39, 0.29) is 42.5 Å². The number of nitrogens with zero attached hydrogens (tertiary/aromatic N) is 4. The third-order valence-electron chi connectivity index (χ3n) is 13.2. The minimum absolute atomic E-state index is 0.0217. The first-order valence-corrected chi connectivity index (χ1v) is 21.9. The van der Waals surface area contributed by atoms with E-state index < -0.39 is 6.09 Å². The van der Waals surface area contributed by atoms with Crippen molar-refractivity contribution in [1.29, 1.82) is 0 Å². The van der Waals surface area contributed by atoms with Crippen LogP contribution >= 0.6 is 0 Å². The van der Waals surface area contributed by atoms with Crippen molar-refractivity contribution < 1.29 is 28.6 Å². The van der Waals surface area contributed by atoms with Crippen molar-refractivity contribution >= 4 is 39.7 Å². The Morgan fingerprint density at radius 2 is 1.87 bits per heavy atom. The summed E-state index contributed by atoms with van der Waals surface area (Å²) in [6, 6.07) is 14.6. The Bertz CT molecular complexity index is 2360. The summed E-state index contributed by atoms with van der Waals surface area (Å²) in [6.45, 7) is 12.3. The largest absolute Gasteiger partial charge is 0.488 e. The summed E-state index contributed by atoms with van der Waals surface area (Å²) in [5.74, 6) is 3.06. The monoisotopic (exact) mass is 817 g/mol. The maximum Gasteiger partial charge on any atom is 0.407 e. The second-order valence-corrected chi connectivity index (χ2v) is 17.2. The number of ether oxygens (including phenoxy) is 3. The van der Waals surface area contributed by atoms with E-state index in [4.69, 9.17) is 24.2 Å². The fraction of sp³-hybridized carbons (Fsp3) is 0.511. The van der Waals surface area contributed by atoms with Crippen molar-refractivity contribution in [2.24, 2.45) is 11.8 Å². The molecule has 13 nitrogen and oxygen atoms in total. The average molecular weight is 818 g/mol. The lowest BCUT2D eigenvalue weighted by Gasteiger charge is -2.34. The third-order valence-corrected chi connectivity index (χ3v) is 13.2. The van der Waals surface area contributed by atoms with E-state index in [1.807, 2.05) is 16.0 Å². The van der Waals surface area contributed by atoms with Crippen molar-refractivity contribution in [1.82, 2.24) is 35.1 Å². The normalized spacial score (nSPS) is 20.2. The fourth-order valence-corrected chi connectivity index (χ4v) is 9.50. The summed E-state index contributed by atoms with van der Waals surface area (Å²) in [6.07, 6.45) is 8.20. The van der Waals surface area contributed by atoms with Crippen LogP contribution in [0.2, 0.25) is 0 Å². The van der Waals surface area contributed by atoms with Crippen LogP contribution in [0, 0.1) is 11.8 Å². The lowest BCUT2D eigenvalue weighted by Crippen LogP contribution is -2.44. The molecule has 5 heterocycles. The Kier molecular flexibility index (Phi) is 12.2. The van der Waals surface area contributed by atoms with Gasteiger partial charge in [0, 0.05) is 42.7 Å².